The van der Waals surface area contributed by atoms with Gasteiger partial charge in [0, 0.05) is 62.8 Å². The van der Waals surface area contributed by atoms with E-state index in [1.807, 2.05) is 66.9 Å². The lowest BCUT2D eigenvalue weighted by molar-refractivity contribution is -0.252. The number of anilines is 2. The molecule has 6 rings (SSSR count). The number of nitrogens with zero attached hydrogens (tertiary/aromatic N) is 2. The fourth-order valence-electron chi connectivity index (χ4n) is 6.70. The summed E-state index contributed by atoms with van der Waals surface area (Å²) in [5.74, 6) is -0.160. The van der Waals surface area contributed by atoms with Crippen molar-refractivity contribution >= 4 is 23.2 Å². The van der Waals surface area contributed by atoms with Crippen molar-refractivity contribution in [3.63, 3.8) is 0 Å². The summed E-state index contributed by atoms with van der Waals surface area (Å²) < 4.78 is 13.2. The van der Waals surface area contributed by atoms with Crippen molar-refractivity contribution in [1.82, 2.24) is 15.2 Å². The standard InChI is InChI=1S/C45H51N5O5/c1-50(26-24-38-11-6-7-25-47-38)30-39-28-42(35-18-16-32(31-51)17-19-35)55-45(54-39)36-22-20-34(21-23-36)37-10-8-9-33(27-37)29-48-43(52)14-4-5-15-44(53)49-41-13-3-2-12-40(41)46/h2-3,6-13,16-23,25,27,39,42,45,51H,4-5,14-15,24,26,28-31,46H2,1H3,(H,48,52)(H,49,53)/t39-,42+,45+/m1/s1. The molecule has 4 aromatic carbocycles. The molecule has 0 saturated carbocycles. The number of aliphatic hydroxyl groups is 1. The van der Waals surface area contributed by atoms with Crippen molar-refractivity contribution in [2.75, 3.05) is 31.2 Å². The van der Waals surface area contributed by atoms with Gasteiger partial charge in [0.25, 0.3) is 0 Å². The first-order valence-electron chi connectivity index (χ1n) is 19.0. The summed E-state index contributed by atoms with van der Waals surface area (Å²) in [6.07, 6.45) is 4.55. The Labute approximate surface area is 323 Å². The van der Waals surface area contributed by atoms with E-state index in [1.165, 1.54) is 0 Å². The summed E-state index contributed by atoms with van der Waals surface area (Å²) in [6, 6.07) is 37.5. The first-order chi connectivity index (χ1) is 26.8. The van der Waals surface area contributed by atoms with E-state index in [-0.39, 0.29) is 30.6 Å². The van der Waals surface area contributed by atoms with Crippen molar-refractivity contribution in [3.05, 3.63) is 149 Å². The predicted molar refractivity (Wildman–Crippen MR) is 216 cm³/mol. The van der Waals surface area contributed by atoms with Gasteiger partial charge in [0.1, 0.15) is 0 Å². The molecule has 1 fully saturated rings. The van der Waals surface area contributed by atoms with Gasteiger partial charge in [-0.05, 0) is 78.0 Å². The Hall–Kier alpha value is -5.39. The van der Waals surface area contributed by atoms with E-state index in [2.05, 4.69) is 70.0 Å². The number of hydrogen-bond acceptors (Lipinski definition) is 8. The summed E-state index contributed by atoms with van der Waals surface area (Å²) in [6.45, 7) is 2.03. The van der Waals surface area contributed by atoms with Crippen LogP contribution in [0, 0.1) is 0 Å². The lowest BCUT2D eigenvalue weighted by Gasteiger charge is -2.38. The Morgan fingerprint density at radius 1 is 0.818 bits per heavy atom. The van der Waals surface area contributed by atoms with E-state index in [4.69, 9.17) is 15.2 Å². The van der Waals surface area contributed by atoms with E-state index in [1.54, 1.807) is 12.1 Å². The molecule has 0 radical (unpaired) electrons. The van der Waals surface area contributed by atoms with Gasteiger partial charge in [-0.2, -0.15) is 0 Å². The van der Waals surface area contributed by atoms with Crippen molar-refractivity contribution < 1.29 is 24.2 Å². The van der Waals surface area contributed by atoms with Gasteiger partial charge in [0.15, 0.2) is 6.29 Å². The fourth-order valence-corrected chi connectivity index (χ4v) is 6.70. The number of pyridine rings is 1. The van der Waals surface area contributed by atoms with Crippen LogP contribution in [-0.2, 0) is 38.6 Å². The summed E-state index contributed by atoms with van der Waals surface area (Å²) in [5, 5.41) is 15.4. The van der Waals surface area contributed by atoms with Crippen LogP contribution in [0.2, 0.25) is 0 Å². The number of benzene rings is 4. The lowest BCUT2D eigenvalue weighted by atomic mass is 9.99. The molecular weight excluding hydrogens is 691 g/mol. The molecule has 0 spiro atoms. The van der Waals surface area contributed by atoms with Gasteiger partial charge < -0.3 is 35.8 Å². The SMILES string of the molecule is CN(CCc1ccccn1)C[C@H]1C[C@@H](c2ccc(CO)cc2)O[C@@H](c2ccc(-c3cccc(CNC(=O)CCCCC(=O)Nc4ccccc4N)c3)cc2)O1. The molecule has 1 aromatic heterocycles. The van der Waals surface area contributed by atoms with Gasteiger partial charge in [-0.15, -0.1) is 0 Å². The normalized spacial score (nSPS) is 16.8. The first-order valence-corrected chi connectivity index (χ1v) is 19.0. The minimum absolute atomic E-state index is 0.000680. The van der Waals surface area contributed by atoms with Gasteiger partial charge in [0.2, 0.25) is 11.8 Å². The van der Waals surface area contributed by atoms with Crippen molar-refractivity contribution in [2.24, 2.45) is 0 Å². The second kappa shape index (κ2) is 19.8. The Balaban J connectivity index is 1.02. The van der Waals surface area contributed by atoms with Gasteiger partial charge in [-0.1, -0.05) is 84.9 Å². The molecule has 3 atom stereocenters. The Bertz CT molecular complexity index is 1970. The topological polar surface area (TPSA) is 139 Å². The molecule has 2 amide bonds. The van der Waals surface area contributed by atoms with E-state index in [0.29, 0.717) is 50.0 Å². The number of nitrogens with one attached hydrogen (secondary N) is 2. The maximum absolute atomic E-state index is 12.6. The Morgan fingerprint density at radius 3 is 2.31 bits per heavy atom. The highest BCUT2D eigenvalue weighted by atomic mass is 16.7. The monoisotopic (exact) mass is 741 g/mol. The van der Waals surface area contributed by atoms with Crippen LogP contribution in [0.1, 0.15) is 72.4 Å². The van der Waals surface area contributed by atoms with Gasteiger partial charge in [-0.3, -0.25) is 14.6 Å². The molecule has 0 unspecified atom stereocenters. The smallest absolute Gasteiger partial charge is 0.224 e. The van der Waals surface area contributed by atoms with Crippen molar-refractivity contribution in [1.29, 1.82) is 0 Å². The van der Waals surface area contributed by atoms with E-state index >= 15 is 0 Å². The number of aromatic nitrogens is 1. The molecule has 55 heavy (non-hydrogen) atoms. The average Bonchev–Trinajstić information content (AvgIpc) is 3.22. The number of amides is 2. The molecule has 1 aliphatic rings. The van der Waals surface area contributed by atoms with Crippen molar-refractivity contribution in [3.8, 4) is 11.1 Å². The minimum atomic E-state index is -0.543. The number of likely N-dealkylation sites (N-methyl/N-ethyl adjacent to an activating group) is 1. The summed E-state index contributed by atoms with van der Waals surface area (Å²) in [5.41, 5.74) is 14.0. The summed E-state index contributed by atoms with van der Waals surface area (Å²) in [4.78, 5) is 31.6. The van der Waals surface area contributed by atoms with E-state index < -0.39 is 6.29 Å². The number of nitrogen functional groups attached to an aromatic ring is 1. The Kier molecular flexibility index (Phi) is 14.1. The number of carbonyl (C=O) groups is 2. The van der Waals surface area contributed by atoms with Gasteiger partial charge >= 0.3 is 0 Å². The number of rotatable bonds is 17. The summed E-state index contributed by atoms with van der Waals surface area (Å²) in [7, 11) is 2.12. The van der Waals surface area contributed by atoms with Crippen molar-refractivity contribution in [2.45, 2.75) is 70.2 Å². The zero-order chi connectivity index (χ0) is 38.4. The number of aliphatic hydroxyl groups excluding tert-OH is 1. The fraction of sp³-hybridized carbons (Fsp3) is 0.311. The molecule has 0 bridgehead atoms. The number of para-hydroxylation sites is 2. The third kappa shape index (κ3) is 11.8. The summed E-state index contributed by atoms with van der Waals surface area (Å²) >= 11 is 0. The molecule has 10 nitrogen and oxygen atoms in total. The molecule has 5 N–H and O–H groups in total. The molecule has 0 aliphatic carbocycles. The highest BCUT2D eigenvalue weighted by Crippen LogP contribution is 2.38. The number of hydrogen-bond donors (Lipinski definition) is 4. The molecular formula is C45H51N5O5. The number of carbonyl (C=O) groups excluding carboxylic acids is 2. The number of ether oxygens (including phenoxy) is 2. The largest absolute Gasteiger partial charge is 0.397 e. The highest BCUT2D eigenvalue weighted by molar-refractivity contribution is 5.93. The van der Waals surface area contributed by atoms with Crippen LogP contribution in [0.4, 0.5) is 11.4 Å². The second-order valence-corrected chi connectivity index (χ2v) is 14.1. The van der Waals surface area contributed by atoms with Gasteiger partial charge in [-0.25, -0.2) is 0 Å². The van der Waals surface area contributed by atoms with E-state index in [0.717, 1.165) is 58.6 Å². The molecule has 1 saturated heterocycles. The van der Waals surface area contributed by atoms with Crippen LogP contribution in [0.15, 0.2) is 121 Å². The predicted octanol–water partition coefficient (Wildman–Crippen LogP) is 7.36. The molecule has 286 valence electrons. The van der Waals surface area contributed by atoms with Crippen LogP contribution >= 0.6 is 0 Å². The first kappa shape index (κ1) is 39.3. The third-order valence-electron chi connectivity index (χ3n) is 9.83. The minimum Gasteiger partial charge on any atom is -0.397 e. The molecule has 1 aliphatic heterocycles. The second-order valence-electron chi connectivity index (χ2n) is 14.1. The van der Waals surface area contributed by atoms with Crippen LogP contribution in [0.25, 0.3) is 11.1 Å². The quantitative estimate of drug-likeness (QED) is 0.0573. The molecule has 5 aromatic rings. The van der Waals surface area contributed by atoms with Crippen LogP contribution in [0.3, 0.4) is 0 Å². The maximum Gasteiger partial charge on any atom is 0.224 e. The van der Waals surface area contributed by atoms with E-state index in [9.17, 15) is 14.7 Å². The number of unbranched alkanes of at least 4 members (excludes halogenated alkanes) is 1. The zero-order valence-electron chi connectivity index (χ0n) is 31.4. The third-order valence-corrected chi connectivity index (χ3v) is 9.83. The molecule has 10 heteroatoms. The van der Waals surface area contributed by atoms with Crippen LogP contribution < -0.4 is 16.4 Å². The maximum atomic E-state index is 12.6. The van der Waals surface area contributed by atoms with Crippen LogP contribution in [0.5, 0.6) is 0 Å². The average molecular weight is 742 g/mol. The molecule has 2 heterocycles. The Morgan fingerprint density at radius 2 is 1.56 bits per heavy atom. The highest BCUT2D eigenvalue weighted by Gasteiger charge is 2.32. The van der Waals surface area contributed by atoms with Gasteiger partial charge in [0.05, 0.1) is 30.2 Å². The lowest BCUT2D eigenvalue weighted by Crippen LogP contribution is -2.38. The zero-order valence-corrected chi connectivity index (χ0v) is 31.4. The van der Waals surface area contributed by atoms with Crippen LogP contribution in [-0.4, -0.2) is 53.0 Å². The number of nitrogens with two attached hydrogens (primary N) is 1.